The van der Waals surface area contributed by atoms with E-state index in [0.717, 1.165) is 31.6 Å². The largest absolute Gasteiger partial charge is 0.349 e. The molecule has 0 atom stereocenters. The molecule has 0 aliphatic carbocycles. The van der Waals surface area contributed by atoms with Crippen molar-refractivity contribution in [2.75, 3.05) is 31.6 Å². The molecule has 2 aromatic heterocycles. The number of carbonyl (C=O) groups excluding carboxylic acids is 1. The van der Waals surface area contributed by atoms with E-state index in [1.54, 1.807) is 18.5 Å². The molecule has 1 saturated heterocycles. The summed E-state index contributed by atoms with van der Waals surface area (Å²) in [5.74, 6) is 0.106. The van der Waals surface area contributed by atoms with Gasteiger partial charge in [-0.05, 0) is 25.0 Å². The minimum Gasteiger partial charge on any atom is -0.349 e. The van der Waals surface area contributed by atoms with Crippen molar-refractivity contribution in [3.63, 3.8) is 0 Å². The van der Waals surface area contributed by atoms with E-state index in [0.29, 0.717) is 12.1 Å². The van der Waals surface area contributed by atoms with Crippen molar-refractivity contribution in [3.8, 4) is 0 Å². The second kappa shape index (κ2) is 6.90. The number of nitrogens with one attached hydrogen (secondary N) is 1. The van der Waals surface area contributed by atoms with Gasteiger partial charge in [-0.1, -0.05) is 0 Å². The Hall–Kier alpha value is -1.93. The van der Waals surface area contributed by atoms with Crippen LogP contribution in [0.5, 0.6) is 0 Å². The molecular formula is C16H22N4O3S. The third kappa shape index (κ3) is 4.33. The Morgan fingerprint density at radius 3 is 2.79 bits per heavy atom. The van der Waals surface area contributed by atoms with Crippen LogP contribution in [0.15, 0.2) is 30.7 Å². The fourth-order valence-electron chi connectivity index (χ4n) is 2.92. The van der Waals surface area contributed by atoms with E-state index in [1.165, 1.54) is 6.26 Å². The monoisotopic (exact) mass is 350 g/mol. The van der Waals surface area contributed by atoms with Gasteiger partial charge in [0.05, 0.1) is 11.3 Å². The summed E-state index contributed by atoms with van der Waals surface area (Å²) in [5, 5.41) is 3.07. The molecule has 0 unspecified atom stereocenters. The Morgan fingerprint density at radius 2 is 2.08 bits per heavy atom. The highest BCUT2D eigenvalue weighted by Gasteiger charge is 2.21. The first-order valence-electron chi connectivity index (χ1n) is 8.04. The Morgan fingerprint density at radius 1 is 1.33 bits per heavy atom. The summed E-state index contributed by atoms with van der Waals surface area (Å²) < 4.78 is 24.3. The number of fused-ring (bicyclic) bond motifs is 1. The van der Waals surface area contributed by atoms with Crippen LogP contribution in [0.25, 0.3) is 5.65 Å². The first-order valence-corrected chi connectivity index (χ1v) is 10.1. The molecule has 2 aromatic rings. The SMILES string of the molecule is CS(=O)(=O)CCN1CCC(NC(=O)c2ccc3nccn3c2)CC1. The molecule has 1 aliphatic rings. The lowest BCUT2D eigenvalue weighted by molar-refractivity contribution is 0.0912. The van der Waals surface area contributed by atoms with Crippen molar-refractivity contribution >= 4 is 21.4 Å². The minimum absolute atomic E-state index is 0.0832. The lowest BCUT2D eigenvalue weighted by atomic mass is 10.0. The predicted octanol–water partition coefficient (Wildman–Crippen LogP) is 0.573. The van der Waals surface area contributed by atoms with Gasteiger partial charge in [0.1, 0.15) is 15.5 Å². The Balaban J connectivity index is 1.51. The molecule has 1 fully saturated rings. The average Bonchev–Trinajstić information content (AvgIpc) is 3.01. The molecule has 1 amide bonds. The second-order valence-corrected chi connectivity index (χ2v) is 8.59. The van der Waals surface area contributed by atoms with Crippen molar-refractivity contribution in [3.05, 3.63) is 36.3 Å². The van der Waals surface area contributed by atoms with Crippen molar-refractivity contribution < 1.29 is 13.2 Å². The maximum Gasteiger partial charge on any atom is 0.252 e. The molecule has 130 valence electrons. The minimum atomic E-state index is -2.92. The van der Waals surface area contributed by atoms with E-state index >= 15 is 0 Å². The molecule has 3 heterocycles. The lowest BCUT2D eigenvalue weighted by Gasteiger charge is -2.32. The second-order valence-electron chi connectivity index (χ2n) is 6.33. The smallest absolute Gasteiger partial charge is 0.252 e. The molecule has 1 N–H and O–H groups in total. The van der Waals surface area contributed by atoms with Gasteiger partial charge in [0, 0.05) is 50.5 Å². The lowest BCUT2D eigenvalue weighted by Crippen LogP contribution is -2.45. The summed E-state index contributed by atoms with van der Waals surface area (Å²) in [6, 6.07) is 3.73. The third-order valence-corrected chi connectivity index (χ3v) is 5.28. The number of hydrogen-bond donors (Lipinski definition) is 1. The van der Waals surface area contributed by atoms with E-state index in [9.17, 15) is 13.2 Å². The van der Waals surface area contributed by atoms with Gasteiger partial charge >= 0.3 is 0 Å². The molecule has 7 nitrogen and oxygen atoms in total. The van der Waals surface area contributed by atoms with Gasteiger partial charge in [-0.25, -0.2) is 13.4 Å². The van der Waals surface area contributed by atoms with E-state index in [1.807, 2.05) is 16.7 Å². The van der Waals surface area contributed by atoms with Crippen LogP contribution >= 0.6 is 0 Å². The number of imidazole rings is 1. The Bertz CT molecular complexity index is 823. The molecule has 8 heteroatoms. The molecule has 0 aromatic carbocycles. The molecule has 1 aliphatic heterocycles. The first-order chi connectivity index (χ1) is 11.4. The maximum absolute atomic E-state index is 12.4. The van der Waals surface area contributed by atoms with Gasteiger partial charge < -0.3 is 14.6 Å². The Labute approximate surface area is 141 Å². The average molecular weight is 350 g/mol. The predicted molar refractivity (Wildman–Crippen MR) is 91.8 cm³/mol. The van der Waals surface area contributed by atoms with Crippen LogP contribution in [-0.4, -0.2) is 66.3 Å². The van der Waals surface area contributed by atoms with Crippen LogP contribution in [0, 0.1) is 0 Å². The molecular weight excluding hydrogens is 328 g/mol. The standard InChI is InChI=1S/C16H22N4O3S/c1-24(22,23)11-10-19-7-4-14(5-8-19)18-16(21)13-2-3-15-17-6-9-20(15)12-13/h2-3,6,9,12,14H,4-5,7-8,10-11H2,1H3,(H,18,21). The van der Waals surface area contributed by atoms with Crippen LogP contribution in [0.2, 0.25) is 0 Å². The van der Waals surface area contributed by atoms with E-state index in [-0.39, 0.29) is 17.7 Å². The highest BCUT2D eigenvalue weighted by molar-refractivity contribution is 7.90. The van der Waals surface area contributed by atoms with Crippen molar-refractivity contribution in [1.82, 2.24) is 19.6 Å². The van der Waals surface area contributed by atoms with Gasteiger partial charge in [0.25, 0.3) is 5.91 Å². The molecule has 0 saturated carbocycles. The van der Waals surface area contributed by atoms with Crippen LogP contribution in [-0.2, 0) is 9.84 Å². The van der Waals surface area contributed by atoms with Crippen molar-refractivity contribution in [2.45, 2.75) is 18.9 Å². The van der Waals surface area contributed by atoms with Crippen molar-refractivity contribution in [2.24, 2.45) is 0 Å². The van der Waals surface area contributed by atoms with Gasteiger partial charge in [0.2, 0.25) is 0 Å². The maximum atomic E-state index is 12.4. The van der Waals surface area contributed by atoms with Crippen LogP contribution < -0.4 is 5.32 Å². The number of amides is 1. The number of sulfone groups is 1. The van der Waals surface area contributed by atoms with Crippen LogP contribution in [0.3, 0.4) is 0 Å². The summed E-state index contributed by atoms with van der Waals surface area (Å²) in [6.45, 7) is 2.18. The number of aromatic nitrogens is 2. The van der Waals surface area contributed by atoms with Crippen LogP contribution in [0.1, 0.15) is 23.2 Å². The number of pyridine rings is 1. The summed E-state index contributed by atoms with van der Waals surface area (Å²) in [5.41, 5.74) is 1.42. The van der Waals surface area contributed by atoms with E-state index in [2.05, 4.69) is 15.2 Å². The number of rotatable bonds is 5. The molecule has 0 spiro atoms. The molecule has 0 bridgehead atoms. The summed E-state index contributed by atoms with van der Waals surface area (Å²) in [7, 11) is -2.92. The van der Waals surface area contributed by atoms with Crippen molar-refractivity contribution in [1.29, 1.82) is 0 Å². The zero-order valence-corrected chi connectivity index (χ0v) is 14.5. The fraction of sp³-hybridized carbons (Fsp3) is 0.500. The summed E-state index contributed by atoms with van der Waals surface area (Å²) >= 11 is 0. The number of nitrogens with zero attached hydrogens (tertiary/aromatic N) is 3. The topological polar surface area (TPSA) is 83.8 Å². The number of piperidine rings is 1. The third-order valence-electron chi connectivity index (χ3n) is 4.35. The molecule has 3 rings (SSSR count). The van der Waals surface area contributed by atoms with Gasteiger partial charge in [-0.15, -0.1) is 0 Å². The first kappa shape index (κ1) is 16.9. The summed E-state index contributed by atoms with van der Waals surface area (Å²) in [4.78, 5) is 18.7. The van der Waals surface area contributed by atoms with Crippen LogP contribution in [0.4, 0.5) is 0 Å². The van der Waals surface area contributed by atoms with Gasteiger partial charge in [0.15, 0.2) is 0 Å². The number of likely N-dealkylation sites (tertiary alicyclic amines) is 1. The van der Waals surface area contributed by atoms with E-state index in [4.69, 9.17) is 0 Å². The summed E-state index contributed by atoms with van der Waals surface area (Å²) in [6.07, 6.45) is 8.22. The molecule has 24 heavy (non-hydrogen) atoms. The number of hydrogen-bond acceptors (Lipinski definition) is 5. The highest BCUT2D eigenvalue weighted by atomic mass is 32.2. The fourth-order valence-corrected chi connectivity index (χ4v) is 3.51. The van der Waals surface area contributed by atoms with Gasteiger partial charge in [-0.2, -0.15) is 0 Å². The zero-order chi connectivity index (χ0) is 17.2. The molecule has 0 radical (unpaired) electrons. The number of carbonyl (C=O) groups is 1. The van der Waals surface area contributed by atoms with Gasteiger partial charge in [-0.3, -0.25) is 4.79 Å². The quantitative estimate of drug-likeness (QED) is 0.852. The van der Waals surface area contributed by atoms with E-state index < -0.39 is 9.84 Å². The highest BCUT2D eigenvalue weighted by Crippen LogP contribution is 2.12. The zero-order valence-electron chi connectivity index (χ0n) is 13.7. The normalized spacial score (nSPS) is 17.2. The Kier molecular flexibility index (Phi) is 4.86.